The SMILES string of the molecule is Cc1cc2nc(-c3ccco3)c(-c3ccco3)nc2cc1Cl. The van der Waals surface area contributed by atoms with Gasteiger partial charge < -0.3 is 8.83 Å². The summed E-state index contributed by atoms with van der Waals surface area (Å²) < 4.78 is 11.0. The molecule has 22 heavy (non-hydrogen) atoms. The summed E-state index contributed by atoms with van der Waals surface area (Å²) in [6.45, 7) is 1.94. The summed E-state index contributed by atoms with van der Waals surface area (Å²) in [6, 6.07) is 11.1. The zero-order chi connectivity index (χ0) is 15.1. The fourth-order valence-electron chi connectivity index (χ4n) is 2.35. The minimum atomic E-state index is 0.632. The third-order valence-corrected chi connectivity index (χ3v) is 3.86. The molecule has 0 spiro atoms. The number of hydrogen-bond donors (Lipinski definition) is 0. The van der Waals surface area contributed by atoms with E-state index in [1.54, 1.807) is 12.5 Å². The minimum Gasteiger partial charge on any atom is -0.463 e. The molecule has 3 aromatic heterocycles. The van der Waals surface area contributed by atoms with Gasteiger partial charge in [-0.15, -0.1) is 0 Å². The molecule has 3 heterocycles. The molecule has 0 aliphatic rings. The molecule has 4 aromatic rings. The molecule has 0 amide bonds. The number of fused-ring (bicyclic) bond motifs is 1. The van der Waals surface area contributed by atoms with Gasteiger partial charge in [-0.05, 0) is 48.9 Å². The van der Waals surface area contributed by atoms with Gasteiger partial charge in [0.1, 0.15) is 11.4 Å². The Hall–Kier alpha value is -2.59. The van der Waals surface area contributed by atoms with Gasteiger partial charge in [0.05, 0.1) is 23.6 Å². The van der Waals surface area contributed by atoms with Crippen molar-refractivity contribution in [3.8, 4) is 22.9 Å². The Kier molecular flexibility index (Phi) is 2.98. The molecule has 0 fully saturated rings. The van der Waals surface area contributed by atoms with Crippen LogP contribution >= 0.6 is 11.6 Å². The molecule has 0 saturated heterocycles. The molecule has 4 rings (SSSR count). The van der Waals surface area contributed by atoms with E-state index >= 15 is 0 Å². The fraction of sp³-hybridized carbons (Fsp3) is 0.0588. The van der Waals surface area contributed by atoms with E-state index in [0.717, 1.165) is 16.6 Å². The standard InChI is InChI=1S/C17H11ClN2O2/c1-10-8-12-13(9-11(10)18)20-17(15-5-3-7-22-15)16(19-12)14-4-2-6-21-14/h2-9H,1H3. The highest BCUT2D eigenvalue weighted by Crippen LogP contribution is 2.32. The largest absolute Gasteiger partial charge is 0.463 e. The van der Waals surface area contributed by atoms with Crippen LogP contribution in [0.2, 0.25) is 5.02 Å². The van der Waals surface area contributed by atoms with Gasteiger partial charge in [-0.25, -0.2) is 9.97 Å². The van der Waals surface area contributed by atoms with Crippen molar-refractivity contribution in [2.75, 3.05) is 0 Å². The first-order chi connectivity index (χ1) is 10.7. The Morgan fingerprint density at radius 1 is 0.864 bits per heavy atom. The van der Waals surface area contributed by atoms with Gasteiger partial charge in [0.25, 0.3) is 0 Å². The average molecular weight is 311 g/mol. The van der Waals surface area contributed by atoms with Gasteiger partial charge in [-0.1, -0.05) is 11.6 Å². The number of aryl methyl sites for hydroxylation is 1. The summed E-state index contributed by atoms with van der Waals surface area (Å²) in [5, 5.41) is 0.665. The van der Waals surface area contributed by atoms with E-state index in [-0.39, 0.29) is 0 Å². The molecule has 0 aliphatic heterocycles. The zero-order valence-corrected chi connectivity index (χ0v) is 12.5. The van der Waals surface area contributed by atoms with Crippen LogP contribution in [0.15, 0.2) is 57.8 Å². The maximum absolute atomic E-state index is 6.19. The molecular weight excluding hydrogens is 300 g/mol. The van der Waals surface area contributed by atoms with Crippen LogP contribution in [-0.2, 0) is 0 Å². The van der Waals surface area contributed by atoms with Gasteiger partial charge >= 0.3 is 0 Å². The van der Waals surface area contributed by atoms with Crippen LogP contribution in [0.1, 0.15) is 5.56 Å². The summed E-state index contributed by atoms with van der Waals surface area (Å²) in [7, 11) is 0. The molecule has 4 nitrogen and oxygen atoms in total. The predicted molar refractivity (Wildman–Crippen MR) is 84.7 cm³/mol. The smallest absolute Gasteiger partial charge is 0.154 e. The van der Waals surface area contributed by atoms with Gasteiger partial charge in [-0.2, -0.15) is 0 Å². The quantitative estimate of drug-likeness (QED) is 0.516. The highest BCUT2D eigenvalue weighted by molar-refractivity contribution is 6.32. The summed E-state index contributed by atoms with van der Waals surface area (Å²) >= 11 is 6.19. The Bertz CT molecular complexity index is 866. The van der Waals surface area contributed by atoms with E-state index in [2.05, 4.69) is 4.98 Å². The molecule has 5 heteroatoms. The molecular formula is C17H11ClN2O2. The maximum atomic E-state index is 6.19. The van der Waals surface area contributed by atoms with Crippen LogP contribution in [0.25, 0.3) is 33.9 Å². The molecule has 108 valence electrons. The lowest BCUT2D eigenvalue weighted by atomic mass is 10.1. The van der Waals surface area contributed by atoms with Crippen LogP contribution < -0.4 is 0 Å². The molecule has 0 aliphatic carbocycles. The number of nitrogens with zero attached hydrogens (tertiary/aromatic N) is 2. The number of aromatic nitrogens is 2. The van der Waals surface area contributed by atoms with Crippen molar-refractivity contribution in [2.24, 2.45) is 0 Å². The highest BCUT2D eigenvalue weighted by atomic mass is 35.5. The van der Waals surface area contributed by atoms with Crippen LogP contribution in [0.3, 0.4) is 0 Å². The molecule has 0 N–H and O–H groups in total. The Labute approximate surface area is 131 Å². The number of furan rings is 2. The van der Waals surface area contributed by atoms with Crippen LogP contribution in [0.4, 0.5) is 0 Å². The summed E-state index contributed by atoms with van der Waals surface area (Å²) in [6.07, 6.45) is 3.22. The summed E-state index contributed by atoms with van der Waals surface area (Å²) in [4.78, 5) is 9.38. The van der Waals surface area contributed by atoms with E-state index in [0.29, 0.717) is 27.9 Å². The third kappa shape index (κ3) is 2.09. The number of hydrogen-bond acceptors (Lipinski definition) is 4. The average Bonchev–Trinajstić information content (AvgIpc) is 3.21. The normalized spacial score (nSPS) is 11.2. The third-order valence-electron chi connectivity index (χ3n) is 3.45. The number of rotatable bonds is 2. The lowest BCUT2D eigenvalue weighted by molar-refractivity contribution is 0.572. The van der Waals surface area contributed by atoms with Gasteiger partial charge in [-0.3, -0.25) is 0 Å². The van der Waals surface area contributed by atoms with Crippen molar-refractivity contribution < 1.29 is 8.83 Å². The second-order valence-electron chi connectivity index (χ2n) is 4.97. The molecule has 0 atom stereocenters. The Morgan fingerprint density at radius 2 is 1.41 bits per heavy atom. The highest BCUT2D eigenvalue weighted by Gasteiger charge is 2.17. The monoisotopic (exact) mass is 310 g/mol. The molecule has 0 unspecified atom stereocenters. The van der Waals surface area contributed by atoms with E-state index in [4.69, 9.17) is 25.4 Å². The molecule has 0 radical (unpaired) electrons. The van der Waals surface area contributed by atoms with Gasteiger partial charge in [0, 0.05) is 5.02 Å². The second-order valence-corrected chi connectivity index (χ2v) is 5.37. The Balaban J connectivity index is 2.06. The number of benzene rings is 1. The van der Waals surface area contributed by atoms with Crippen LogP contribution in [0, 0.1) is 6.92 Å². The van der Waals surface area contributed by atoms with Crippen molar-refractivity contribution in [2.45, 2.75) is 6.92 Å². The molecule has 1 aromatic carbocycles. The van der Waals surface area contributed by atoms with Crippen molar-refractivity contribution >= 4 is 22.6 Å². The first-order valence-electron chi connectivity index (χ1n) is 6.78. The zero-order valence-electron chi connectivity index (χ0n) is 11.7. The topological polar surface area (TPSA) is 52.1 Å². The van der Waals surface area contributed by atoms with Gasteiger partial charge in [0.2, 0.25) is 0 Å². The van der Waals surface area contributed by atoms with Crippen LogP contribution in [0.5, 0.6) is 0 Å². The second kappa shape index (κ2) is 5.00. The molecule has 0 bridgehead atoms. The lowest BCUT2D eigenvalue weighted by Gasteiger charge is -2.07. The number of halogens is 1. The first kappa shape index (κ1) is 13.1. The van der Waals surface area contributed by atoms with Crippen molar-refractivity contribution in [3.63, 3.8) is 0 Å². The van der Waals surface area contributed by atoms with E-state index in [9.17, 15) is 0 Å². The van der Waals surface area contributed by atoms with Crippen molar-refractivity contribution in [1.82, 2.24) is 9.97 Å². The van der Waals surface area contributed by atoms with Crippen molar-refractivity contribution in [3.05, 3.63) is 59.5 Å². The minimum absolute atomic E-state index is 0.632. The first-order valence-corrected chi connectivity index (χ1v) is 7.16. The van der Waals surface area contributed by atoms with E-state index in [1.807, 2.05) is 43.3 Å². The fourth-order valence-corrected chi connectivity index (χ4v) is 2.51. The van der Waals surface area contributed by atoms with Crippen molar-refractivity contribution in [1.29, 1.82) is 0 Å². The van der Waals surface area contributed by atoms with Gasteiger partial charge in [0.15, 0.2) is 11.5 Å². The maximum Gasteiger partial charge on any atom is 0.154 e. The van der Waals surface area contributed by atoms with Crippen LogP contribution in [-0.4, -0.2) is 9.97 Å². The van der Waals surface area contributed by atoms with E-state index < -0.39 is 0 Å². The Morgan fingerprint density at radius 3 is 1.91 bits per heavy atom. The lowest BCUT2D eigenvalue weighted by Crippen LogP contribution is -1.94. The summed E-state index contributed by atoms with van der Waals surface area (Å²) in [5.74, 6) is 1.28. The molecule has 0 saturated carbocycles. The van der Waals surface area contributed by atoms with E-state index in [1.165, 1.54) is 0 Å². The predicted octanol–water partition coefficient (Wildman–Crippen LogP) is 5.11. The summed E-state index contributed by atoms with van der Waals surface area (Å²) in [5.41, 5.74) is 3.72.